The molecule has 1 saturated heterocycles. The molecule has 0 bridgehead atoms. The van der Waals surface area contributed by atoms with Crippen molar-refractivity contribution in [3.8, 4) is 11.5 Å². The Morgan fingerprint density at radius 3 is 2.67 bits per heavy atom. The Kier molecular flexibility index (Phi) is 6.54. The number of hydrogen-bond donors (Lipinski definition) is 1. The number of amides is 1. The van der Waals surface area contributed by atoms with E-state index in [-0.39, 0.29) is 23.5 Å². The molecule has 2 heterocycles. The van der Waals surface area contributed by atoms with Crippen LogP contribution in [-0.2, 0) is 21.5 Å². The molecular formula is C26H32N2O4S. The van der Waals surface area contributed by atoms with Crippen molar-refractivity contribution in [2.45, 2.75) is 36.9 Å². The van der Waals surface area contributed by atoms with Gasteiger partial charge in [-0.2, -0.15) is 11.8 Å². The maximum atomic E-state index is 12.5. The number of likely N-dealkylation sites (tertiary alicyclic amines) is 1. The lowest BCUT2D eigenvalue weighted by Crippen LogP contribution is -2.50. The molecule has 1 spiro atoms. The zero-order valence-corrected chi connectivity index (χ0v) is 20.2. The maximum Gasteiger partial charge on any atom is 0.230 e. The standard InChI is InChI=1S/C26H32N2O4S/c1-30-25-24(27-23(29)17-33-2)19-5-3-4-6-20(19)26(25)9-11-28(12-10-26)16-18-7-8-21-22(15-18)32-14-13-31-21/h3-8,15,24-25H,9-14,16-17H2,1-2H3,(H,27,29)/t24-,25+/m0/s1. The van der Waals surface area contributed by atoms with Crippen LogP contribution in [0, 0.1) is 0 Å². The van der Waals surface area contributed by atoms with Crippen molar-refractivity contribution in [3.05, 3.63) is 59.2 Å². The highest BCUT2D eigenvalue weighted by atomic mass is 32.2. The number of nitrogens with one attached hydrogen (secondary N) is 1. The van der Waals surface area contributed by atoms with Gasteiger partial charge in [-0.3, -0.25) is 9.69 Å². The molecule has 0 radical (unpaired) electrons. The molecule has 7 heteroatoms. The van der Waals surface area contributed by atoms with Gasteiger partial charge in [0.15, 0.2) is 11.5 Å². The molecule has 33 heavy (non-hydrogen) atoms. The number of carbonyl (C=O) groups excluding carboxylic acids is 1. The average molecular weight is 469 g/mol. The molecule has 1 amide bonds. The molecule has 3 aliphatic rings. The van der Waals surface area contributed by atoms with E-state index in [9.17, 15) is 4.79 Å². The Morgan fingerprint density at radius 2 is 1.91 bits per heavy atom. The lowest BCUT2D eigenvalue weighted by atomic mass is 9.72. The van der Waals surface area contributed by atoms with Crippen molar-refractivity contribution >= 4 is 17.7 Å². The van der Waals surface area contributed by atoms with E-state index >= 15 is 0 Å². The molecule has 2 atom stereocenters. The third-order valence-electron chi connectivity index (χ3n) is 7.29. The summed E-state index contributed by atoms with van der Waals surface area (Å²) in [6.45, 7) is 4.07. The molecule has 2 aromatic rings. The quantitative estimate of drug-likeness (QED) is 0.700. The van der Waals surface area contributed by atoms with E-state index in [0.717, 1.165) is 44.0 Å². The molecule has 0 saturated carbocycles. The van der Waals surface area contributed by atoms with Gasteiger partial charge in [0.2, 0.25) is 5.91 Å². The summed E-state index contributed by atoms with van der Waals surface area (Å²) in [6, 6.07) is 14.7. The van der Waals surface area contributed by atoms with Crippen LogP contribution in [0.3, 0.4) is 0 Å². The van der Waals surface area contributed by atoms with E-state index in [0.29, 0.717) is 19.0 Å². The number of ether oxygens (including phenoxy) is 3. The van der Waals surface area contributed by atoms with E-state index in [1.165, 1.54) is 16.7 Å². The molecule has 5 rings (SSSR count). The smallest absolute Gasteiger partial charge is 0.230 e. The minimum atomic E-state index is -0.102. The molecule has 1 N–H and O–H groups in total. The largest absolute Gasteiger partial charge is 0.486 e. The van der Waals surface area contributed by atoms with Crippen LogP contribution in [0.5, 0.6) is 11.5 Å². The Hall–Kier alpha value is -2.22. The van der Waals surface area contributed by atoms with Gasteiger partial charge >= 0.3 is 0 Å². The minimum absolute atomic E-state index is 0.0582. The zero-order valence-electron chi connectivity index (χ0n) is 19.3. The van der Waals surface area contributed by atoms with Gasteiger partial charge in [0.05, 0.1) is 17.9 Å². The zero-order chi connectivity index (χ0) is 22.8. The lowest BCUT2D eigenvalue weighted by molar-refractivity contribution is -0.121. The first-order chi connectivity index (χ1) is 16.1. The van der Waals surface area contributed by atoms with Gasteiger partial charge in [-0.15, -0.1) is 0 Å². The summed E-state index contributed by atoms with van der Waals surface area (Å²) in [5.74, 6) is 2.21. The van der Waals surface area contributed by atoms with Crippen molar-refractivity contribution in [2.75, 3.05) is 45.4 Å². The van der Waals surface area contributed by atoms with E-state index in [2.05, 4.69) is 46.6 Å². The number of rotatable bonds is 6. The van der Waals surface area contributed by atoms with Gasteiger partial charge in [-0.25, -0.2) is 0 Å². The molecule has 2 aliphatic heterocycles. The van der Waals surface area contributed by atoms with Crippen LogP contribution < -0.4 is 14.8 Å². The topological polar surface area (TPSA) is 60.0 Å². The van der Waals surface area contributed by atoms with Crippen molar-refractivity contribution in [1.29, 1.82) is 0 Å². The number of thioether (sulfide) groups is 1. The third kappa shape index (κ3) is 4.22. The van der Waals surface area contributed by atoms with Crippen molar-refractivity contribution in [3.63, 3.8) is 0 Å². The minimum Gasteiger partial charge on any atom is -0.486 e. The average Bonchev–Trinajstić information content (AvgIpc) is 3.09. The third-order valence-corrected chi connectivity index (χ3v) is 7.84. The van der Waals surface area contributed by atoms with Gasteiger partial charge in [0, 0.05) is 19.1 Å². The second-order valence-corrected chi connectivity index (χ2v) is 10.00. The second-order valence-electron chi connectivity index (χ2n) is 9.13. The highest BCUT2D eigenvalue weighted by molar-refractivity contribution is 7.99. The number of methoxy groups -OCH3 is 1. The normalized spacial score (nSPS) is 23.3. The predicted octanol–water partition coefficient (Wildman–Crippen LogP) is 3.54. The highest BCUT2D eigenvalue weighted by Gasteiger charge is 2.53. The Labute approximate surface area is 200 Å². The summed E-state index contributed by atoms with van der Waals surface area (Å²) in [4.78, 5) is 15.0. The van der Waals surface area contributed by atoms with Crippen molar-refractivity contribution in [1.82, 2.24) is 10.2 Å². The van der Waals surface area contributed by atoms with Crippen LogP contribution in [0.2, 0.25) is 0 Å². The summed E-state index contributed by atoms with van der Waals surface area (Å²) in [6.07, 6.45) is 3.90. The fourth-order valence-electron chi connectivity index (χ4n) is 5.83. The number of carbonyl (C=O) groups is 1. The summed E-state index contributed by atoms with van der Waals surface area (Å²) in [5.41, 5.74) is 3.71. The van der Waals surface area contributed by atoms with Crippen LogP contribution in [0.25, 0.3) is 0 Å². The molecule has 0 aromatic heterocycles. The van der Waals surface area contributed by atoms with Crippen molar-refractivity contribution < 1.29 is 19.0 Å². The van der Waals surface area contributed by atoms with Crippen LogP contribution in [0.1, 0.15) is 35.6 Å². The van der Waals surface area contributed by atoms with Gasteiger partial charge in [0.25, 0.3) is 0 Å². The monoisotopic (exact) mass is 468 g/mol. The van der Waals surface area contributed by atoms with Crippen molar-refractivity contribution in [2.24, 2.45) is 0 Å². The Bertz CT molecular complexity index is 1010. The first-order valence-corrected chi connectivity index (χ1v) is 13.1. The SMILES string of the molecule is CO[C@@H]1[C@@H](NC(=O)CSC)c2ccccc2C12CCN(Cc1ccc3c(c1)OCCO3)CC2. The van der Waals surface area contributed by atoms with Crippen LogP contribution >= 0.6 is 11.8 Å². The molecule has 1 fully saturated rings. The molecule has 176 valence electrons. The molecule has 0 unspecified atom stereocenters. The number of benzene rings is 2. The fraction of sp³-hybridized carbons (Fsp3) is 0.500. The molecule has 1 aliphatic carbocycles. The Balaban J connectivity index is 1.33. The summed E-state index contributed by atoms with van der Waals surface area (Å²) >= 11 is 1.54. The lowest BCUT2D eigenvalue weighted by Gasteiger charge is -2.44. The highest BCUT2D eigenvalue weighted by Crippen LogP contribution is 2.52. The van der Waals surface area contributed by atoms with E-state index in [1.54, 1.807) is 18.9 Å². The van der Waals surface area contributed by atoms with E-state index in [1.807, 2.05) is 12.3 Å². The van der Waals surface area contributed by atoms with Crippen LogP contribution in [0.15, 0.2) is 42.5 Å². The van der Waals surface area contributed by atoms with Gasteiger partial charge in [0.1, 0.15) is 13.2 Å². The number of hydrogen-bond acceptors (Lipinski definition) is 6. The fourth-order valence-corrected chi connectivity index (χ4v) is 6.17. The van der Waals surface area contributed by atoms with Gasteiger partial charge in [-0.05, 0) is 61.0 Å². The van der Waals surface area contributed by atoms with E-state index < -0.39 is 0 Å². The first kappa shape index (κ1) is 22.6. The molecule has 6 nitrogen and oxygen atoms in total. The molecular weight excluding hydrogens is 436 g/mol. The van der Waals surface area contributed by atoms with Crippen LogP contribution in [-0.4, -0.2) is 62.3 Å². The van der Waals surface area contributed by atoms with E-state index in [4.69, 9.17) is 14.2 Å². The number of fused-ring (bicyclic) bond motifs is 3. The summed E-state index contributed by atoms with van der Waals surface area (Å²) < 4.78 is 17.5. The summed E-state index contributed by atoms with van der Waals surface area (Å²) in [5, 5.41) is 3.26. The van der Waals surface area contributed by atoms with Gasteiger partial charge < -0.3 is 19.5 Å². The predicted molar refractivity (Wildman–Crippen MR) is 130 cm³/mol. The van der Waals surface area contributed by atoms with Crippen LogP contribution in [0.4, 0.5) is 0 Å². The second kappa shape index (κ2) is 9.57. The van der Waals surface area contributed by atoms with Gasteiger partial charge in [-0.1, -0.05) is 30.3 Å². The summed E-state index contributed by atoms with van der Waals surface area (Å²) in [7, 11) is 1.79. The number of nitrogens with zero attached hydrogens (tertiary/aromatic N) is 1. The first-order valence-electron chi connectivity index (χ1n) is 11.7. The maximum absolute atomic E-state index is 12.5. The Morgan fingerprint density at radius 1 is 1.15 bits per heavy atom. The molecule has 2 aromatic carbocycles. The number of piperidine rings is 1.